The summed E-state index contributed by atoms with van der Waals surface area (Å²) in [6, 6.07) is 0. The molecule has 0 amide bonds. The van der Waals surface area contributed by atoms with Crippen molar-refractivity contribution in [2.75, 3.05) is 13.2 Å². The Bertz CT molecular complexity index is 1240. The molecule has 0 aliphatic rings. The molecule has 1 atom stereocenters. The molecule has 0 fully saturated rings. The van der Waals surface area contributed by atoms with E-state index in [4.69, 9.17) is 9.47 Å². The number of allylic oxidation sites excluding steroid dienone is 14. The number of aliphatic hydroxyl groups excluding tert-OH is 1. The molecule has 386 valence electrons. The minimum Gasteiger partial charge on any atom is -0.462 e. The Kier molecular flexibility index (Phi) is 54.9. The monoisotopic (exact) mass is 933 g/mol. The summed E-state index contributed by atoms with van der Waals surface area (Å²) < 4.78 is 10.7. The van der Waals surface area contributed by atoms with Gasteiger partial charge in [-0.1, -0.05) is 279 Å². The van der Waals surface area contributed by atoms with E-state index in [0.717, 1.165) is 83.5 Å². The van der Waals surface area contributed by atoms with Gasteiger partial charge >= 0.3 is 11.9 Å². The average Bonchev–Trinajstić information content (AvgIpc) is 3.33. The molecule has 0 radical (unpaired) electrons. The highest BCUT2D eigenvalue weighted by Crippen LogP contribution is 2.16. The second kappa shape index (κ2) is 57.4. The largest absolute Gasteiger partial charge is 0.462 e. The van der Waals surface area contributed by atoms with Crippen LogP contribution in [0.15, 0.2) is 85.1 Å². The van der Waals surface area contributed by atoms with E-state index in [1.807, 2.05) is 0 Å². The Morgan fingerprint density at radius 2 is 0.642 bits per heavy atom. The normalized spacial score (nSPS) is 12.8. The molecule has 1 N–H and O–H groups in total. The number of hydrogen-bond acceptors (Lipinski definition) is 5. The van der Waals surface area contributed by atoms with Gasteiger partial charge in [0.25, 0.3) is 0 Å². The number of unbranched alkanes of at least 4 members (excludes halogenated alkanes) is 30. The lowest BCUT2D eigenvalue weighted by molar-refractivity contribution is -0.161. The minimum absolute atomic E-state index is 0.0649. The lowest BCUT2D eigenvalue weighted by Crippen LogP contribution is -2.28. The van der Waals surface area contributed by atoms with Crippen molar-refractivity contribution in [1.29, 1.82) is 0 Å². The lowest BCUT2D eigenvalue weighted by atomic mass is 10.0. The second-order valence-electron chi connectivity index (χ2n) is 19.0. The number of esters is 2. The molecule has 0 bridgehead atoms. The van der Waals surface area contributed by atoms with E-state index >= 15 is 0 Å². The van der Waals surface area contributed by atoms with Crippen molar-refractivity contribution in [3.05, 3.63) is 85.1 Å². The fraction of sp³-hybridized carbons (Fsp3) is 0.742. The Labute approximate surface area is 416 Å². The van der Waals surface area contributed by atoms with Crippen LogP contribution >= 0.6 is 0 Å². The van der Waals surface area contributed by atoms with Crippen molar-refractivity contribution in [1.82, 2.24) is 0 Å². The van der Waals surface area contributed by atoms with E-state index in [-0.39, 0.29) is 25.2 Å². The Morgan fingerprint density at radius 3 is 0.970 bits per heavy atom. The van der Waals surface area contributed by atoms with Crippen molar-refractivity contribution >= 4 is 11.9 Å². The van der Waals surface area contributed by atoms with E-state index in [2.05, 4.69) is 98.9 Å². The molecule has 0 aliphatic carbocycles. The summed E-state index contributed by atoms with van der Waals surface area (Å²) in [5.41, 5.74) is 0. The van der Waals surface area contributed by atoms with Gasteiger partial charge in [0.15, 0.2) is 6.10 Å². The molecule has 1 unspecified atom stereocenters. The van der Waals surface area contributed by atoms with Crippen molar-refractivity contribution in [2.45, 2.75) is 283 Å². The first-order valence-electron chi connectivity index (χ1n) is 28.6. The third-order valence-corrected chi connectivity index (χ3v) is 12.5. The van der Waals surface area contributed by atoms with Gasteiger partial charge < -0.3 is 14.6 Å². The van der Waals surface area contributed by atoms with Crippen LogP contribution < -0.4 is 0 Å². The number of rotatable bonds is 52. The van der Waals surface area contributed by atoms with Crippen molar-refractivity contribution in [2.24, 2.45) is 0 Å². The summed E-state index contributed by atoms with van der Waals surface area (Å²) in [6.45, 7) is 4.05. The van der Waals surface area contributed by atoms with Gasteiger partial charge in [-0.05, 0) is 70.6 Å². The van der Waals surface area contributed by atoms with Gasteiger partial charge in [-0.15, -0.1) is 0 Å². The van der Waals surface area contributed by atoms with E-state index in [1.165, 1.54) is 167 Å². The molecular weight excluding hydrogens is 825 g/mol. The van der Waals surface area contributed by atoms with Gasteiger partial charge in [0.2, 0.25) is 0 Å². The van der Waals surface area contributed by atoms with Crippen LogP contribution in [0, 0.1) is 0 Å². The number of carbonyl (C=O) groups excluding carboxylic acids is 2. The molecule has 5 nitrogen and oxygen atoms in total. The topological polar surface area (TPSA) is 72.8 Å². The van der Waals surface area contributed by atoms with Crippen LogP contribution in [0.4, 0.5) is 0 Å². The molecule has 0 spiro atoms. The van der Waals surface area contributed by atoms with Crippen molar-refractivity contribution in [3.63, 3.8) is 0 Å². The van der Waals surface area contributed by atoms with Gasteiger partial charge in [0, 0.05) is 12.8 Å². The summed E-state index contributed by atoms with van der Waals surface area (Å²) in [5.74, 6) is -0.582. The van der Waals surface area contributed by atoms with Crippen LogP contribution in [0.2, 0.25) is 0 Å². The molecule has 0 aliphatic heterocycles. The predicted octanol–water partition coefficient (Wildman–Crippen LogP) is 19.4. The molecule has 0 saturated carbocycles. The van der Waals surface area contributed by atoms with Gasteiger partial charge in [-0.2, -0.15) is 0 Å². The first-order chi connectivity index (χ1) is 33.1. The van der Waals surface area contributed by atoms with Crippen LogP contribution in [0.3, 0.4) is 0 Å². The first-order valence-corrected chi connectivity index (χ1v) is 28.6. The van der Waals surface area contributed by atoms with Gasteiger partial charge in [-0.25, -0.2) is 0 Å². The third kappa shape index (κ3) is 55.6. The molecular formula is C62H108O5. The van der Waals surface area contributed by atoms with Crippen LogP contribution in [-0.2, 0) is 19.1 Å². The van der Waals surface area contributed by atoms with E-state index in [0.29, 0.717) is 12.8 Å². The molecule has 0 rings (SSSR count). The molecule has 5 heteroatoms. The van der Waals surface area contributed by atoms with E-state index in [9.17, 15) is 14.7 Å². The number of hydrogen-bond donors (Lipinski definition) is 1. The quantitative estimate of drug-likeness (QED) is 0.0374. The second-order valence-corrected chi connectivity index (χ2v) is 19.0. The van der Waals surface area contributed by atoms with E-state index in [1.54, 1.807) is 0 Å². The maximum absolute atomic E-state index is 12.3. The summed E-state index contributed by atoms with van der Waals surface area (Å²) in [7, 11) is 0. The standard InChI is InChI=1S/C62H108O5/c1-3-5-7-9-11-13-15-17-19-21-23-24-25-26-27-28-29-30-31-32-33-34-35-36-37-38-39-41-43-45-47-49-51-53-55-57-62(65)67-60(58-63)59-66-61(64)56-54-52-50-48-46-44-42-40-22-20-18-16-14-12-10-8-6-4-2/h5,7,11,13,17,19,23-24,26-27,29-30,32-33,60,63H,3-4,6,8-10,12,14-16,18,20-22,25,28,31,34-59H2,1-2H3/b7-5-,13-11-,19-17-,24-23-,27-26-,30-29-,33-32-. The Balaban J connectivity index is 3.50. The maximum atomic E-state index is 12.3. The molecule has 0 aromatic rings. The number of ether oxygens (including phenoxy) is 2. The van der Waals surface area contributed by atoms with Gasteiger partial charge in [0.1, 0.15) is 6.61 Å². The first kappa shape index (κ1) is 64.1. The molecule has 67 heavy (non-hydrogen) atoms. The van der Waals surface area contributed by atoms with Crippen LogP contribution in [0.25, 0.3) is 0 Å². The summed E-state index contributed by atoms with van der Waals surface area (Å²) in [4.78, 5) is 24.5. The zero-order valence-corrected chi connectivity index (χ0v) is 44.1. The zero-order valence-electron chi connectivity index (χ0n) is 44.1. The molecule has 0 heterocycles. The number of carbonyl (C=O) groups is 2. The highest BCUT2D eigenvalue weighted by atomic mass is 16.6. The maximum Gasteiger partial charge on any atom is 0.306 e. The summed E-state index contributed by atoms with van der Waals surface area (Å²) in [6.07, 6.45) is 79.8. The van der Waals surface area contributed by atoms with Gasteiger partial charge in [0.05, 0.1) is 6.61 Å². The molecule has 0 saturated heterocycles. The Hall–Kier alpha value is -2.92. The van der Waals surface area contributed by atoms with Crippen LogP contribution in [-0.4, -0.2) is 36.4 Å². The van der Waals surface area contributed by atoms with Crippen LogP contribution in [0.5, 0.6) is 0 Å². The van der Waals surface area contributed by atoms with Crippen LogP contribution in [0.1, 0.15) is 277 Å². The SMILES string of the molecule is CC/C=C\C/C=C\C/C=C\C/C=C\C/C=C\C/C=C\C/C=C\CCCCCCCCCCCCCCCC(=O)OC(CO)COC(=O)CCCCCCCCCCCCCCCCCCCC. The third-order valence-electron chi connectivity index (χ3n) is 12.5. The highest BCUT2D eigenvalue weighted by molar-refractivity contribution is 5.70. The minimum atomic E-state index is -0.774. The van der Waals surface area contributed by atoms with Gasteiger partial charge in [-0.3, -0.25) is 9.59 Å². The smallest absolute Gasteiger partial charge is 0.306 e. The highest BCUT2D eigenvalue weighted by Gasteiger charge is 2.16. The number of aliphatic hydroxyl groups is 1. The van der Waals surface area contributed by atoms with Crippen molar-refractivity contribution < 1.29 is 24.2 Å². The summed E-state index contributed by atoms with van der Waals surface area (Å²) >= 11 is 0. The Morgan fingerprint density at radius 1 is 0.358 bits per heavy atom. The van der Waals surface area contributed by atoms with E-state index < -0.39 is 6.10 Å². The summed E-state index contributed by atoms with van der Waals surface area (Å²) in [5, 5.41) is 9.65. The zero-order chi connectivity index (χ0) is 48.5. The molecule has 0 aromatic carbocycles. The fourth-order valence-corrected chi connectivity index (χ4v) is 8.18. The van der Waals surface area contributed by atoms with Crippen molar-refractivity contribution in [3.8, 4) is 0 Å². The molecule has 0 aromatic heterocycles. The average molecular weight is 934 g/mol. The lowest BCUT2D eigenvalue weighted by Gasteiger charge is -2.15. The predicted molar refractivity (Wildman–Crippen MR) is 293 cm³/mol. The fourth-order valence-electron chi connectivity index (χ4n) is 8.18.